The van der Waals surface area contributed by atoms with Crippen LogP contribution in [0.5, 0.6) is 5.75 Å². The van der Waals surface area contributed by atoms with Gasteiger partial charge in [0.1, 0.15) is 11.3 Å². The van der Waals surface area contributed by atoms with Crippen molar-refractivity contribution in [1.82, 2.24) is 19.5 Å². The van der Waals surface area contributed by atoms with E-state index in [0.29, 0.717) is 28.1 Å². The number of likely N-dealkylation sites (N-methyl/N-ethyl adjacent to an activating group) is 1. The second kappa shape index (κ2) is 6.34. The standard InChI is InChI=1S/C19H19ClN6O2/c1-10-17-18(26(9-21-17)7-11-3-4-11)24-19(22-10)23-13-6-15-14(5-12(13)20)25(2)16(27)8-28-15/h5-6,9,11H,3-4,7-8H2,1-2H3,(H,22,23,24). The van der Waals surface area contributed by atoms with Crippen LogP contribution in [-0.2, 0) is 11.3 Å². The van der Waals surface area contributed by atoms with E-state index in [4.69, 9.17) is 16.3 Å². The molecule has 9 heteroatoms. The normalized spacial score (nSPS) is 16.2. The van der Waals surface area contributed by atoms with Crippen molar-refractivity contribution in [3.63, 3.8) is 0 Å². The van der Waals surface area contributed by atoms with Crippen molar-refractivity contribution in [3.8, 4) is 5.75 Å². The predicted molar refractivity (Wildman–Crippen MR) is 106 cm³/mol. The number of ether oxygens (including phenoxy) is 1. The number of hydrogen-bond donors (Lipinski definition) is 1. The van der Waals surface area contributed by atoms with Gasteiger partial charge in [-0.15, -0.1) is 0 Å². The minimum absolute atomic E-state index is 0.00644. The largest absolute Gasteiger partial charge is 0.481 e. The Morgan fingerprint density at radius 3 is 2.93 bits per heavy atom. The van der Waals surface area contributed by atoms with Crippen molar-refractivity contribution in [3.05, 3.63) is 29.2 Å². The molecule has 0 radical (unpaired) electrons. The Morgan fingerprint density at radius 2 is 2.14 bits per heavy atom. The number of nitrogens with one attached hydrogen (secondary N) is 1. The Kier molecular flexibility index (Phi) is 3.90. The quantitative estimate of drug-likeness (QED) is 0.725. The van der Waals surface area contributed by atoms with Crippen molar-refractivity contribution in [2.24, 2.45) is 5.92 Å². The topological polar surface area (TPSA) is 85.2 Å². The number of fused-ring (bicyclic) bond motifs is 2. The molecule has 5 rings (SSSR count). The van der Waals surface area contributed by atoms with Crippen molar-refractivity contribution in [1.29, 1.82) is 0 Å². The van der Waals surface area contributed by atoms with Gasteiger partial charge in [-0.25, -0.2) is 9.97 Å². The first-order valence-electron chi connectivity index (χ1n) is 9.19. The molecule has 3 heterocycles. The van der Waals surface area contributed by atoms with Crippen LogP contribution in [0.1, 0.15) is 18.5 Å². The summed E-state index contributed by atoms with van der Waals surface area (Å²) in [5.41, 5.74) is 3.69. The predicted octanol–water partition coefficient (Wildman–Crippen LogP) is 3.30. The SMILES string of the molecule is Cc1nc(Nc2cc3c(cc2Cl)N(C)C(=O)CO3)nc2c1ncn2CC1CC1. The maximum Gasteiger partial charge on any atom is 0.264 e. The lowest BCUT2D eigenvalue weighted by atomic mass is 10.2. The van der Waals surface area contributed by atoms with Gasteiger partial charge >= 0.3 is 0 Å². The summed E-state index contributed by atoms with van der Waals surface area (Å²) in [5.74, 6) is 1.64. The van der Waals surface area contributed by atoms with Crippen LogP contribution in [0.2, 0.25) is 5.02 Å². The van der Waals surface area contributed by atoms with Gasteiger partial charge in [0.05, 0.1) is 28.4 Å². The summed E-state index contributed by atoms with van der Waals surface area (Å²) in [6, 6.07) is 3.48. The van der Waals surface area contributed by atoms with E-state index in [-0.39, 0.29) is 12.5 Å². The Bertz CT molecular complexity index is 1110. The molecule has 0 atom stereocenters. The molecule has 1 saturated carbocycles. The third-order valence-corrected chi connectivity index (χ3v) is 5.48. The van der Waals surface area contributed by atoms with E-state index < -0.39 is 0 Å². The fourth-order valence-electron chi connectivity index (χ4n) is 3.36. The first-order valence-corrected chi connectivity index (χ1v) is 9.57. The lowest BCUT2D eigenvalue weighted by Gasteiger charge is -2.26. The minimum atomic E-state index is -0.113. The number of aryl methyl sites for hydroxylation is 1. The number of nitrogens with zero attached hydrogens (tertiary/aromatic N) is 5. The van der Waals surface area contributed by atoms with Gasteiger partial charge in [-0.3, -0.25) is 4.79 Å². The van der Waals surface area contributed by atoms with Gasteiger partial charge < -0.3 is 19.5 Å². The van der Waals surface area contributed by atoms with Crippen molar-refractivity contribution in [2.75, 3.05) is 23.9 Å². The summed E-state index contributed by atoms with van der Waals surface area (Å²) in [6.07, 6.45) is 4.36. The highest BCUT2D eigenvalue weighted by Crippen LogP contribution is 2.39. The molecule has 144 valence electrons. The van der Waals surface area contributed by atoms with E-state index in [1.54, 1.807) is 19.2 Å². The van der Waals surface area contributed by atoms with Gasteiger partial charge in [-0.2, -0.15) is 4.98 Å². The molecular formula is C19H19ClN6O2. The van der Waals surface area contributed by atoms with Crippen LogP contribution in [0.4, 0.5) is 17.3 Å². The van der Waals surface area contributed by atoms with Crippen LogP contribution < -0.4 is 15.0 Å². The molecule has 1 aliphatic carbocycles. The Hall–Kier alpha value is -2.87. The van der Waals surface area contributed by atoms with Gasteiger partial charge in [0.15, 0.2) is 12.3 Å². The van der Waals surface area contributed by atoms with E-state index in [1.807, 2.05) is 13.3 Å². The molecule has 2 aliphatic rings. The van der Waals surface area contributed by atoms with Crippen LogP contribution in [0.3, 0.4) is 0 Å². The van der Waals surface area contributed by atoms with Crippen LogP contribution in [0, 0.1) is 12.8 Å². The third kappa shape index (κ3) is 2.93. The molecule has 1 N–H and O–H groups in total. The van der Waals surface area contributed by atoms with Gasteiger partial charge in [-0.05, 0) is 31.7 Å². The lowest BCUT2D eigenvalue weighted by Crippen LogP contribution is -2.35. The third-order valence-electron chi connectivity index (χ3n) is 5.17. The summed E-state index contributed by atoms with van der Waals surface area (Å²) in [6.45, 7) is 2.86. The van der Waals surface area contributed by atoms with Crippen molar-refractivity contribution < 1.29 is 9.53 Å². The molecule has 1 amide bonds. The molecule has 1 aromatic carbocycles. The highest BCUT2D eigenvalue weighted by atomic mass is 35.5. The highest BCUT2D eigenvalue weighted by molar-refractivity contribution is 6.34. The molecule has 8 nitrogen and oxygen atoms in total. The number of imidazole rings is 1. The number of carbonyl (C=O) groups excluding carboxylic acids is 1. The summed E-state index contributed by atoms with van der Waals surface area (Å²) in [7, 11) is 1.70. The number of benzene rings is 1. The molecular weight excluding hydrogens is 380 g/mol. The van der Waals surface area contributed by atoms with Crippen LogP contribution in [0.25, 0.3) is 11.2 Å². The minimum Gasteiger partial charge on any atom is -0.481 e. The maximum atomic E-state index is 11.8. The Labute approximate surface area is 166 Å². The summed E-state index contributed by atoms with van der Waals surface area (Å²) in [4.78, 5) is 27.0. The Balaban J connectivity index is 1.50. The fourth-order valence-corrected chi connectivity index (χ4v) is 3.57. The molecule has 3 aromatic rings. The van der Waals surface area contributed by atoms with E-state index in [1.165, 1.54) is 17.7 Å². The van der Waals surface area contributed by atoms with Gasteiger partial charge in [-0.1, -0.05) is 11.6 Å². The molecule has 0 spiro atoms. The van der Waals surface area contributed by atoms with E-state index in [2.05, 4.69) is 24.8 Å². The molecule has 0 unspecified atom stereocenters. The lowest BCUT2D eigenvalue weighted by molar-refractivity contribution is -0.120. The summed E-state index contributed by atoms with van der Waals surface area (Å²) >= 11 is 6.44. The first-order chi connectivity index (χ1) is 13.5. The number of carbonyl (C=O) groups is 1. The van der Waals surface area contributed by atoms with E-state index in [9.17, 15) is 4.79 Å². The first kappa shape index (κ1) is 17.2. The van der Waals surface area contributed by atoms with Gasteiger partial charge in [0.2, 0.25) is 5.95 Å². The van der Waals surface area contributed by atoms with Crippen molar-refractivity contribution >= 4 is 46.0 Å². The number of amides is 1. The highest BCUT2D eigenvalue weighted by Gasteiger charge is 2.25. The number of aromatic nitrogens is 4. The molecule has 0 bridgehead atoms. The monoisotopic (exact) mass is 398 g/mol. The molecule has 28 heavy (non-hydrogen) atoms. The van der Waals surface area contributed by atoms with Crippen LogP contribution >= 0.6 is 11.6 Å². The van der Waals surface area contributed by atoms with Crippen molar-refractivity contribution in [2.45, 2.75) is 26.3 Å². The zero-order valence-corrected chi connectivity index (χ0v) is 16.3. The summed E-state index contributed by atoms with van der Waals surface area (Å²) < 4.78 is 7.63. The second-order valence-electron chi connectivity index (χ2n) is 7.31. The van der Waals surface area contributed by atoms with E-state index in [0.717, 1.165) is 29.3 Å². The second-order valence-corrected chi connectivity index (χ2v) is 7.72. The maximum absolute atomic E-state index is 11.8. The zero-order valence-electron chi connectivity index (χ0n) is 15.6. The molecule has 1 aliphatic heterocycles. The number of rotatable bonds is 4. The number of hydrogen-bond acceptors (Lipinski definition) is 6. The zero-order chi connectivity index (χ0) is 19.4. The van der Waals surface area contributed by atoms with Gasteiger partial charge in [0, 0.05) is 19.7 Å². The number of anilines is 3. The molecule has 2 aromatic heterocycles. The molecule has 1 fully saturated rings. The van der Waals surface area contributed by atoms with E-state index >= 15 is 0 Å². The van der Waals surface area contributed by atoms with Gasteiger partial charge in [0.25, 0.3) is 5.91 Å². The smallest absolute Gasteiger partial charge is 0.264 e. The average molecular weight is 399 g/mol. The average Bonchev–Trinajstić information content (AvgIpc) is 3.39. The summed E-state index contributed by atoms with van der Waals surface area (Å²) in [5, 5.41) is 3.64. The van der Waals surface area contributed by atoms with Crippen LogP contribution in [0.15, 0.2) is 18.5 Å². The number of halogens is 1. The van der Waals surface area contributed by atoms with Crippen LogP contribution in [-0.4, -0.2) is 39.1 Å². The molecule has 0 saturated heterocycles. The Morgan fingerprint density at radius 1 is 1.32 bits per heavy atom. The fraction of sp³-hybridized carbons (Fsp3) is 0.368.